The van der Waals surface area contributed by atoms with E-state index in [0.29, 0.717) is 12.8 Å². The molecule has 0 fully saturated rings. The van der Waals surface area contributed by atoms with E-state index >= 15 is 0 Å². The van der Waals surface area contributed by atoms with Gasteiger partial charge in [0.2, 0.25) is 0 Å². The Bertz CT molecular complexity index is 269. The minimum atomic E-state index is -1.05. The Morgan fingerprint density at radius 1 is 1.36 bits per heavy atom. The standard InChI is InChI=1S/C10H14O4/c1-2-6-4-3-5-7(9(11)12)8(6)10(13)14/h3,5-8H,2,4H2,1H3,(H,11,12)(H,13,14). The fourth-order valence-electron chi connectivity index (χ4n) is 1.97. The zero-order valence-corrected chi connectivity index (χ0v) is 8.01. The summed E-state index contributed by atoms with van der Waals surface area (Å²) in [6.07, 6.45) is 4.63. The predicted molar refractivity (Wildman–Crippen MR) is 49.8 cm³/mol. The van der Waals surface area contributed by atoms with Crippen LogP contribution < -0.4 is 0 Å². The average molecular weight is 198 g/mol. The van der Waals surface area contributed by atoms with Crippen molar-refractivity contribution in [3.63, 3.8) is 0 Å². The van der Waals surface area contributed by atoms with Crippen LogP contribution in [0.4, 0.5) is 0 Å². The number of carboxylic acids is 2. The summed E-state index contributed by atoms with van der Waals surface area (Å²) in [5.74, 6) is -3.76. The third kappa shape index (κ3) is 1.95. The molecule has 0 aromatic heterocycles. The molecule has 78 valence electrons. The monoisotopic (exact) mass is 198 g/mol. The highest BCUT2D eigenvalue weighted by Gasteiger charge is 2.38. The third-order valence-corrected chi connectivity index (χ3v) is 2.77. The van der Waals surface area contributed by atoms with Gasteiger partial charge in [-0.1, -0.05) is 25.5 Å². The minimum absolute atomic E-state index is 0.0569. The Kier molecular flexibility index (Phi) is 3.28. The molecule has 0 aromatic rings. The maximum Gasteiger partial charge on any atom is 0.311 e. The molecule has 1 aliphatic carbocycles. The molecular weight excluding hydrogens is 184 g/mol. The topological polar surface area (TPSA) is 74.6 Å². The van der Waals surface area contributed by atoms with Gasteiger partial charge >= 0.3 is 11.9 Å². The van der Waals surface area contributed by atoms with Crippen LogP contribution in [-0.4, -0.2) is 22.2 Å². The van der Waals surface area contributed by atoms with Crippen molar-refractivity contribution in [2.24, 2.45) is 17.8 Å². The molecular formula is C10H14O4. The summed E-state index contributed by atoms with van der Waals surface area (Å²) in [5.41, 5.74) is 0. The largest absolute Gasteiger partial charge is 0.481 e. The van der Waals surface area contributed by atoms with Crippen LogP contribution in [0.1, 0.15) is 19.8 Å². The van der Waals surface area contributed by atoms with Crippen LogP contribution in [0.5, 0.6) is 0 Å². The number of hydrogen-bond donors (Lipinski definition) is 2. The van der Waals surface area contributed by atoms with Crippen LogP contribution in [0, 0.1) is 17.8 Å². The Balaban J connectivity index is 2.93. The summed E-state index contributed by atoms with van der Waals surface area (Å²) in [6.45, 7) is 1.89. The van der Waals surface area contributed by atoms with Crippen LogP contribution in [0.3, 0.4) is 0 Å². The summed E-state index contributed by atoms with van der Waals surface area (Å²) >= 11 is 0. The molecule has 0 saturated carbocycles. The van der Waals surface area contributed by atoms with Gasteiger partial charge in [-0.25, -0.2) is 0 Å². The molecule has 0 aliphatic heterocycles. The fourth-order valence-corrected chi connectivity index (χ4v) is 1.97. The average Bonchev–Trinajstić information content (AvgIpc) is 2.16. The molecule has 1 rings (SSSR count). The number of aliphatic carboxylic acids is 2. The van der Waals surface area contributed by atoms with Crippen molar-refractivity contribution in [3.8, 4) is 0 Å². The summed E-state index contributed by atoms with van der Waals surface area (Å²) in [5, 5.41) is 17.8. The zero-order chi connectivity index (χ0) is 10.7. The molecule has 1 aliphatic rings. The minimum Gasteiger partial charge on any atom is -0.481 e. The first-order valence-corrected chi connectivity index (χ1v) is 4.70. The van der Waals surface area contributed by atoms with Crippen LogP contribution in [0.25, 0.3) is 0 Å². The van der Waals surface area contributed by atoms with Gasteiger partial charge in [-0.05, 0) is 12.3 Å². The highest BCUT2D eigenvalue weighted by atomic mass is 16.4. The molecule has 3 unspecified atom stereocenters. The van der Waals surface area contributed by atoms with Crippen molar-refractivity contribution in [2.45, 2.75) is 19.8 Å². The molecule has 0 heterocycles. The lowest BCUT2D eigenvalue weighted by atomic mass is 9.74. The summed E-state index contributed by atoms with van der Waals surface area (Å²) in [7, 11) is 0. The van der Waals surface area contributed by atoms with Crippen LogP contribution >= 0.6 is 0 Å². The molecule has 0 amide bonds. The smallest absolute Gasteiger partial charge is 0.311 e. The van der Waals surface area contributed by atoms with E-state index in [0.717, 1.165) is 0 Å². The van der Waals surface area contributed by atoms with Gasteiger partial charge in [-0.3, -0.25) is 9.59 Å². The normalized spacial score (nSPS) is 31.4. The molecule has 0 saturated heterocycles. The van der Waals surface area contributed by atoms with Gasteiger partial charge in [0.1, 0.15) is 0 Å². The molecule has 0 bridgehead atoms. The van der Waals surface area contributed by atoms with E-state index in [-0.39, 0.29) is 5.92 Å². The first kappa shape index (κ1) is 10.8. The van der Waals surface area contributed by atoms with E-state index in [1.807, 2.05) is 6.92 Å². The van der Waals surface area contributed by atoms with E-state index in [4.69, 9.17) is 10.2 Å². The van der Waals surface area contributed by atoms with Gasteiger partial charge < -0.3 is 10.2 Å². The summed E-state index contributed by atoms with van der Waals surface area (Å²) in [4.78, 5) is 21.8. The van der Waals surface area contributed by atoms with Crippen LogP contribution in [0.15, 0.2) is 12.2 Å². The highest BCUT2D eigenvalue weighted by Crippen LogP contribution is 2.32. The Labute approximate surface area is 82.2 Å². The number of allylic oxidation sites excluding steroid dienone is 1. The van der Waals surface area contributed by atoms with Crippen LogP contribution in [-0.2, 0) is 9.59 Å². The first-order valence-electron chi connectivity index (χ1n) is 4.70. The Morgan fingerprint density at radius 2 is 2.00 bits per heavy atom. The molecule has 0 spiro atoms. The third-order valence-electron chi connectivity index (χ3n) is 2.77. The lowest BCUT2D eigenvalue weighted by Crippen LogP contribution is -2.36. The van der Waals surface area contributed by atoms with E-state index in [9.17, 15) is 9.59 Å². The van der Waals surface area contributed by atoms with Gasteiger partial charge in [0.15, 0.2) is 0 Å². The number of hydrogen-bond acceptors (Lipinski definition) is 2. The second-order valence-electron chi connectivity index (χ2n) is 3.56. The second kappa shape index (κ2) is 4.26. The van der Waals surface area contributed by atoms with Gasteiger partial charge in [-0.15, -0.1) is 0 Å². The van der Waals surface area contributed by atoms with Crippen molar-refractivity contribution in [1.82, 2.24) is 0 Å². The first-order chi connectivity index (χ1) is 6.57. The summed E-state index contributed by atoms with van der Waals surface area (Å²) in [6, 6.07) is 0. The molecule has 0 aromatic carbocycles. The zero-order valence-electron chi connectivity index (χ0n) is 8.01. The maximum atomic E-state index is 10.9. The number of carbonyl (C=O) groups is 2. The molecule has 4 nitrogen and oxygen atoms in total. The predicted octanol–water partition coefficient (Wildman–Crippen LogP) is 1.37. The number of carboxylic acid groups (broad SMARTS) is 2. The second-order valence-corrected chi connectivity index (χ2v) is 3.56. The van der Waals surface area contributed by atoms with Crippen molar-refractivity contribution in [2.75, 3.05) is 0 Å². The molecule has 4 heteroatoms. The maximum absolute atomic E-state index is 10.9. The van der Waals surface area contributed by atoms with E-state index in [1.54, 1.807) is 6.08 Å². The SMILES string of the molecule is CCC1CC=CC(C(=O)O)C1C(=O)O. The lowest BCUT2D eigenvalue weighted by molar-refractivity contribution is -0.154. The molecule has 2 N–H and O–H groups in total. The van der Waals surface area contributed by atoms with Crippen LogP contribution in [0.2, 0.25) is 0 Å². The number of rotatable bonds is 3. The van der Waals surface area contributed by atoms with Crippen molar-refractivity contribution >= 4 is 11.9 Å². The van der Waals surface area contributed by atoms with Crippen molar-refractivity contribution in [1.29, 1.82) is 0 Å². The molecule has 14 heavy (non-hydrogen) atoms. The van der Waals surface area contributed by atoms with Crippen molar-refractivity contribution < 1.29 is 19.8 Å². The van der Waals surface area contributed by atoms with Gasteiger partial charge in [-0.2, -0.15) is 0 Å². The Morgan fingerprint density at radius 3 is 2.43 bits per heavy atom. The molecule has 0 radical (unpaired) electrons. The fraction of sp³-hybridized carbons (Fsp3) is 0.600. The van der Waals surface area contributed by atoms with Crippen molar-refractivity contribution in [3.05, 3.63) is 12.2 Å². The molecule has 3 atom stereocenters. The van der Waals surface area contributed by atoms with E-state index in [1.165, 1.54) is 6.08 Å². The van der Waals surface area contributed by atoms with E-state index in [2.05, 4.69) is 0 Å². The van der Waals surface area contributed by atoms with E-state index < -0.39 is 23.8 Å². The van der Waals surface area contributed by atoms with Gasteiger partial charge in [0.25, 0.3) is 0 Å². The summed E-state index contributed by atoms with van der Waals surface area (Å²) < 4.78 is 0. The highest BCUT2D eigenvalue weighted by molar-refractivity contribution is 5.82. The lowest BCUT2D eigenvalue weighted by Gasteiger charge is -2.28. The van der Waals surface area contributed by atoms with Gasteiger partial charge in [0.05, 0.1) is 11.8 Å². The quantitative estimate of drug-likeness (QED) is 0.672. The van der Waals surface area contributed by atoms with Gasteiger partial charge in [0, 0.05) is 0 Å². The Hall–Kier alpha value is -1.32.